The van der Waals surface area contributed by atoms with Crippen molar-refractivity contribution in [2.24, 2.45) is 0 Å². The van der Waals surface area contributed by atoms with Gasteiger partial charge in [-0.3, -0.25) is 0 Å². The monoisotopic (exact) mass is 147 g/mol. The predicted molar refractivity (Wildman–Crippen MR) is 46.2 cm³/mol. The van der Waals surface area contributed by atoms with Crippen molar-refractivity contribution >= 4 is 0 Å². The third-order valence-electron chi connectivity index (χ3n) is 0.900. The van der Waals surface area contributed by atoms with Gasteiger partial charge in [-0.2, -0.15) is 0 Å². The van der Waals surface area contributed by atoms with Crippen LogP contribution in [-0.2, 0) is 0 Å². The lowest BCUT2D eigenvalue weighted by Crippen LogP contribution is -2.12. The molecule has 2 N–H and O–H groups in total. The molecule has 0 aliphatic heterocycles. The number of aliphatic hydroxyl groups is 1. The maximum atomic E-state index is 7.88. The van der Waals surface area contributed by atoms with Gasteiger partial charge >= 0.3 is 0 Å². The summed E-state index contributed by atoms with van der Waals surface area (Å²) in [6.07, 6.45) is 2.12. The summed E-state index contributed by atoms with van der Waals surface area (Å²) < 4.78 is 0. The largest absolute Gasteiger partial charge is 0.396 e. The normalized spacial score (nSPS) is 8.40. The van der Waals surface area contributed by atoms with Crippen molar-refractivity contribution in [2.45, 2.75) is 33.6 Å². The molecule has 0 unspecified atom stereocenters. The highest BCUT2D eigenvalue weighted by Gasteiger charge is 1.71. The van der Waals surface area contributed by atoms with E-state index in [1.807, 2.05) is 6.92 Å². The van der Waals surface area contributed by atoms with E-state index in [0.29, 0.717) is 6.61 Å². The number of rotatable bonds is 4. The van der Waals surface area contributed by atoms with E-state index in [1.54, 1.807) is 0 Å². The number of hydrogen-bond acceptors (Lipinski definition) is 2. The summed E-state index contributed by atoms with van der Waals surface area (Å²) in [5.74, 6) is 0. The topological polar surface area (TPSA) is 32.3 Å². The van der Waals surface area contributed by atoms with E-state index < -0.39 is 0 Å². The van der Waals surface area contributed by atoms with E-state index in [9.17, 15) is 0 Å². The molecule has 0 saturated heterocycles. The van der Waals surface area contributed by atoms with Gasteiger partial charge in [0.05, 0.1) is 0 Å². The Morgan fingerprint density at radius 3 is 1.70 bits per heavy atom. The second-order valence-electron chi connectivity index (χ2n) is 2.08. The van der Waals surface area contributed by atoms with Gasteiger partial charge in [0.1, 0.15) is 0 Å². The van der Waals surface area contributed by atoms with Gasteiger partial charge in [-0.25, -0.2) is 0 Å². The first-order valence-electron chi connectivity index (χ1n) is 4.14. The second-order valence-corrected chi connectivity index (χ2v) is 2.08. The van der Waals surface area contributed by atoms with Gasteiger partial charge in [0.2, 0.25) is 0 Å². The third kappa shape index (κ3) is 24.7. The van der Waals surface area contributed by atoms with Gasteiger partial charge < -0.3 is 10.4 Å². The summed E-state index contributed by atoms with van der Waals surface area (Å²) in [5.41, 5.74) is 0. The van der Waals surface area contributed by atoms with E-state index in [-0.39, 0.29) is 0 Å². The number of hydrogen-bond donors (Lipinski definition) is 2. The van der Waals surface area contributed by atoms with Crippen molar-refractivity contribution in [2.75, 3.05) is 19.7 Å². The molecule has 2 heteroatoms. The first-order valence-corrected chi connectivity index (χ1v) is 4.14. The molecule has 0 aromatic carbocycles. The molecule has 0 bridgehead atoms. The van der Waals surface area contributed by atoms with Crippen LogP contribution in [0, 0.1) is 0 Å². The Morgan fingerprint density at radius 1 is 1.10 bits per heavy atom. The Bertz CT molecular complexity index is 34.2. The molecule has 2 nitrogen and oxygen atoms in total. The van der Waals surface area contributed by atoms with Crippen LogP contribution in [0.5, 0.6) is 0 Å². The molecule has 0 aliphatic rings. The van der Waals surface area contributed by atoms with E-state index in [4.69, 9.17) is 5.11 Å². The minimum atomic E-state index is 0.319. The second kappa shape index (κ2) is 16.0. The minimum Gasteiger partial charge on any atom is -0.396 e. The summed E-state index contributed by atoms with van der Waals surface area (Å²) in [6, 6.07) is 0. The van der Waals surface area contributed by atoms with Crippen LogP contribution in [0.2, 0.25) is 0 Å². The van der Waals surface area contributed by atoms with Crippen molar-refractivity contribution in [3.63, 3.8) is 0 Å². The first kappa shape index (κ1) is 12.6. The fraction of sp³-hybridized carbons (Fsp3) is 1.00. The highest BCUT2D eigenvalue weighted by molar-refractivity contribution is 4.35. The van der Waals surface area contributed by atoms with Crippen molar-refractivity contribution < 1.29 is 5.11 Å². The fourth-order valence-corrected chi connectivity index (χ4v) is 0.354. The van der Waals surface area contributed by atoms with Crippen LogP contribution in [0.3, 0.4) is 0 Å². The quantitative estimate of drug-likeness (QED) is 0.589. The van der Waals surface area contributed by atoms with E-state index in [2.05, 4.69) is 19.2 Å². The highest BCUT2D eigenvalue weighted by Crippen LogP contribution is 1.65. The Hall–Kier alpha value is -0.0800. The van der Waals surface area contributed by atoms with Gasteiger partial charge in [-0.15, -0.1) is 0 Å². The van der Waals surface area contributed by atoms with Crippen LogP contribution >= 0.6 is 0 Å². The molecule has 0 aliphatic carbocycles. The van der Waals surface area contributed by atoms with E-state index >= 15 is 0 Å². The van der Waals surface area contributed by atoms with Crippen molar-refractivity contribution in [1.29, 1.82) is 0 Å². The molecule has 64 valence electrons. The van der Waals surface area contributed by atoms with Crippen LogP contribution in [0.25, 0.3) is 0 Å². The Morgan fingerprint density at radius 2 is 1.60 bits per heavy atom. The molecule has 0 fully saturated rings. The smallest absolute Gasteiger partial charge is 0.0428 e. The third-order valence-corrected chi connectivity index (χ3v) is 0.900. The average molecular weight is 147 g/mol. The summed E-state index contributed by atoms with van der Waals surface area (Å²) >= 11 is 0. The lowest BCUT2D eigenvalue weighted by atomic mass is 10.5. The summed E-state index contributed by atoms with van der Waals surface area (Å²) in [6.45, 7) is 8.81. The first-order chi connectivity index (χ1) is 4.83. The zero-order chi connectivity index (χ0) is 8.24. The number of aliphatic hydroxyl groups excluding tert-OH is 1. The molecule has 0 aromatic heterocycles. The maximum absolute atomic E-state index is 7.88. The highest BCUT2D eigenvalue weighted by atomic mass is 16.2. The molecule has 0 spiro atoms. The molecule has 0 saturated carbocycles. The lowest BCUT2D eigenvalue weighted by molar-refractivity contribution is 0.295. The Balaban J connectivity index is 0. The maximum Gasteiger partial charge on any atom is 0.0428 e. The lowest BCUT2D eigenvalue weighted by Gasteiger charge is -1.91. The number of nitrogens with one attached hydrogen (secondary N) is 1. The van der Waals surface area contributed by atoms with Gasteiger partial charge in [0, 0.05) is 6.61 Å². The van der Waals surface area contributed by atoms with Gasteiger partial charge in [-0.1, -0.05) is 20.8 Å². The Kier molecular flexibility index (Phi) is 20.1. The molecule has 0 amide bonds. The van der Waals surface area contributed by atoms with Crippen LogP contribution in [0.15, 0.2) is 0 Å². The standard InChI is InChI=1S/C5H13N.C3H8O/c1-3-5-6-4-2;1-2-3-4/h6H,3-5H2,1-2H3;4H,2-3H2,1H3. The molecular weight excluding hydrogens is 126 g/mol. The fourth-order valence-electron chi connectivity index (χ4n) is 0.354. The minimum absolute atomic E-state index is 0.319. The summed E-state index contributed by atoms with van der Waals surface area (Å²) in [4.78, 5) is 0. The van der Waals surface area contributed by atoms with Crippen LogP contribution in [0.1, 0.15) is 33.6 Å². The molecular formula is C8H21NO. The van der Waals surface area contributed by atoms with Crippen molar-refractivity contribution in [3.05, 3.63) is 0 Å². The van der Waals surface area contributed by atoms with Crippen molar-refractivity contribution in [1.82, 2.24) is 5.32 Å². The predicted octanol–water partition coefficient (Wildman–Crippen LogP) is 1.39. The zero-order valence-electron chi connectivity index (χ0n) is 7.48. The van der Waals surface area contributed by atoms with Crippen LogP contribution < -0.4 is 5.32 Å². The molecule has 0 heterocycles. The van der Waals surface area contributed by atoms with Crippen molar-refractivity contribution in [3.8, 4) is 0 Å². The summed E-state index contributed by atoms with van der Waals surface area (Å²) in [5, 5.41) is 11.1. The zero-order valence-corrected chi connectivity index (χ0v) is 7.48. The SMILES string of the molecule is CCCNCC.CCCO. The van der Waals surface area contributed by atoms with E-state index in [1.165, 1.54) is 6.42 Å². The average Bonchev–Trinajstić information content (AvgIpc) is 2.01. The van der Waals surface area contributed by atoms with E-state index in [0.717, 1.165) is 19.5 Å². The van der Waals surface area contributed by atoms with Gasteiger partial charge in [-0.05, 0) is 25.9 Å². The molecule has 0 radical (unpaired) electrons. The molecule has 10 heavy (non-hydrogen) atoms. The summed E-state index contributed by atoms with van der Waals surface area (Å²) in [7, 11) is 0. The van der Waals surface area contributed by atoms with Crippen LogP contribution in [0.4, 0.5) is 0 Å². The molecule has 0 rings (SSSR count). The molecule has 0 aromatic rings. The van der Waals surface area contributed by atoms with Crippen LogP contribution in [-0.4, -0.2) is 24.8 Å². The van der Waals surface area contributed by atoms with Gasteiger partial charge in [0.15, 0.2) is 0 Å². The van der Waals surface area contributed by atoms with Gasteiger partial charge in [0.25, 0.3) is 0 Å². The molecule has 0 atom stereocenters. The Labute approximate surface area is 64.6 Å².